The van der Waals surface area contributed by atoms with Crippen LogP contribution in [0, 0.1) is 0 Å². The molecule has 0 unspecified atom stereocenters. The largest absolute Gasteiger partial charge is 0.375 e. The van der Waals surface area contributed by atoms with E-state index in [2.05, 4.69) is 9.98 Å². The van der Waals surface area contributed by atoms with Gasteiger partial charge in [-0.2, -0.15) is 0 Å². The molecule has 0 N–H and O–H groups in total. The summed E-state index contributed by atoms with van der Waals surface area (Å²) in [5, 5.41) is 0. The number of ether oxygens (including phenoxy) is 1. The van der Waals surface area contributed by atoms with Crippen molar-refractivity contribution in [2.45, 2.75) is 75.7 Å². The molecule has 0 aliphatic heterocycles. The third-order valence-electron chi connectivity index (χ3n) is 4.14. The Kier molecular flexibility index (Phi) is 5.46. The number of hydrogen-bond donors (Lipinski definition) is 0. The van der Waals surface area contributed by atoms with Crippen molar-refractivity contribution < 1.29 is 14.3 Å². The van der Waals surface area contributed by atoms with E-state index in [0.29, 0.717) is 12.2 Å². The van der Waals surface area contributed by atoms with Crippen LogP contribution in [0.15, 0.2) is 9.98 Å². The van der Waals surface area contributed by atoms with Crippen LogP contribution in [0.1, 0.15) is 51.4 Å². The molecule has 19 heavy (non-hydrogen) atoms. The van der Waals surface area contributed by atoms with Crippen LogP contribution in [0.2, 0.25) is 0 Å². The Balaban J connectivity index is 1.69. The van der Waals surface area contributed by atoms with Gasteiger partial charge in [-0.05, 0) is 51.4 Å². The maximum atomic E-state index is 10.2. The summed E-state index contributed by atoms with van der Waals surface area (Å²) in [5.74, 6) is 0. The van der Waals surface area contributed by atoms with E-state index >= 15 is 0 Å². The summed E-state index contributed by atoms with van der Waals surface area (Å²) in [6, 6.07) is 0.296. The Labute approximate surface area is 113 Å². The summed E-state index contributed by atoms with van der Waals surface area (Å²) in [7, 11) is 0. The van der Waals surface area contributed by atoms with Gasteiger partial charge in [-0.25, -0.2) is 19.6 Å². The zero-order chi connectivity index (χ0) is 13.5. The van der Waals surface area contributed by atoms with Gasteiger partial charge in [-0.1, -0.05) is 0 Å². The predicted molar refractivity (Wildman–Crippen MR) is 69.4 cm³/mol. The minimum Gasteiger partial charge on any atom is -0.375 e. The zero-order valence-electron chi connectivity index (χ0n) is 11.1. The molecule has 0 aromatic rings. The van der Waals surface area contributed by atoms with Gasteiger partial charge >= 0.3 is 0 Å². The fourth-order valence-corrected chi connectivity index (χ4v) is 3.04. The van der Waals surface area contributed by atoms with E-state index in [0.717, 1.165) is 51.4 Å². The molecule has 0 radical (unpaired) electrons. The molecular formula is C14H20N2O3. The molecule has 5 nitrogen and oxygen atoms in total. The van der Waals surface area contributed by atoms with Gasteiger partial charge in [0.15, 0.2) is 0 Å². The zero-order valence-corrected chi connectivity index (χ0v) is 11.1. The number of aliphatic imine (C=N–C) groups is 2. The van der Waals surface area contributed by atoms with Crippen molar-refractivity contribution in [2.75, 3.05) is 0 Å². The van der Waals surface area contributed by atoms with Crippen LogP contribution in [0.3, 0.4) is 0 Å². The summed E-state index contributed by atoms with van der Waals surface area (Å²) in [4.78, 5) is 28.0. The van der Waals surface area contributed by atoms with Crippen molar-refractivity contribution in [3.05, 3.63) is 0 Å². The van der Waals surface area contributed by atoms with Gasteiger partial charge < -0.3 is 4.74 Å². The summed E-state index contributed by atoms with van der Waals surface area (Å²) >= 11 is 0. The van der Waals surface area contributed by atoms with Gasteiger partial charge in [-0.15, -0.1) is 0 Å². The monoisotopic (exact) mass is 264 g/mol. The van der Waals surface area contributed by atoms with E-state index < -0.39 is 0 Å². The first-order chi connectivity index (χ1) is 9.31. The third kappa shape index (κ3) is 4.39. The molecule has 5 heteroatoms. The van der Waals surface area contributed by atoms with Crippen molar-refractivity contribution in [3.63, 3.8) is 0 Å². The minimum atomic E-state index is 0.148. The molecule has 0 atom stereocenters. The number of isocyanates is 2. The van der Waals surface area contributed by atoms with Crippen molar-refractivity contribution in [1.82, 2.24) is 0 Å². The summed E-state index contributed by atoms with van der Waals surface area (Å²) < 4.78 is 6.10. The molecule has 0 bridgehead atoms. The van der Waals surface area contributed by atoms with Crippen LogP contribution in [-0.2, 0) is 14.3 Å². The highest BCUT2D eigenvalue weighted by Crippen LogP contribution is 2.29. The van der Waals surface area contributed by atoms with Gasteiger partial charge in [0.2, 0.25) is 12.2 Å². The predicted octanol–water partition coefficient (Wildman–Crippen LogP) is 2.30. The SMILES string of the molecule is O=C=NC1CCC(OC2CCC(N=C=O)CC2)CC1. The van der Waals surface area contributed by atoms with Crippen molar-refractivity contribution in [1.29, 1.82) is 0 Å². The van der Waals surface area contributed by atoms with Crippen LogP contribution in [0.25, 0.3) is 0 Å². The Hall–Kier alpha value is -1.28. The standard InChI is InChI=1S/C14H20N2O3/c17-9-15-11-1-5-13(6-2-11)19-14-7-3-12(4-8-14)16-10-18/h11-14H,1-8H2. The number of carbonyl (C=O) groups excluding carboxylic acids is 2. The van der Waals surface area contributed by atoms with Gasteiger partial charge in [0.05, 0.1) is 24.3 Å². The molecule has 0 heterocycles. The first-order valence-corrected chi connectivity index (χ1v) is 7.11. The first kappa shape index (κ1) is 14.1. The fraction of sp³-hybridized carbons (Fsp3) is 0.857. The third-order valence-corrected chi connectivity index (χ3v) is 4.14. The summed E-state index contributed by atoms with van der Waals surface area (Å²) in [5.41, 5.74) is 0. The lowest BCUT2D eigenvalue weighted by atomic mass is 9.91. The molecular weight excluding hydrogens is 244 g/mol. The highest BCUT2D eigenvalue weighted by molar-refractivity contribution is 5.33. The second-order valence-electron chi connectivity index (χ2n) is 5.44. The highest BCUT2D eigenvalue weighted by Gasteiger charge is 2.27. The number of nitrogens with zero attached hydrogens (tertiary/aromatic N) is 2. The van der Waals surface area contributed by atoms with Crippen molar-refractivity contribution in [3.8, 4) is 0 Å². The van der Waals surface area contributed by atoms with Crippen molar-refractivity contribution >= 4 is 12.2 Å². The Morgan fingerprint density at radius 1 is 0.684 bits per heavy atom. The molecule has 0 saturated heterocycles. The molecule has 2 saturated carbocycles. The van der Waals surface area contributed by atoms with Gasteiger partial charge in [-0.3, -0.25) is 0 Å². The minimum absolute atomic E-state index is 0.148. The average Bonchev–Trinajstić information content (AvgIpc) is 2.44. The molecule has 2 fully saturated rings. The molecule has 0 aromatic heterocycles. The number of rotatable bonds is 4. The second kappa shape index (κ2) is 7.34. The van der Waals surface area contributed by atoms with E-state index in [9.17, 15) is 9.59 Å². The maximum Gasteiger partial charge on any atom is 0.235 e. The average molecular weight is 264 g/mol. The molecule has 2 aliphatic carbocycles. The molecule has 104 valence electrons. The van der Waals surface area contributed by atoms with E-state index in [-0.39, 0.29) is 12.1 Å². The van der Waals surface area contributed by atoms with E-state index in [1.807, 2.05) is 0 Å². The topological polar surface area (TPSA) is 68.1 Å². The van der Waals surface area contributed by atoms with Crippen LogP contribution in [0.5, 0.6) is 0 Å². The van der Waals surface area contributed by atoms with Gasteiger partial charge in [0, 0.05) is 0 Å². The molecule has 2 aliphatic rings. The quantitative estimate of drug-likeness (QED) is 0.578. The van der Waals surface area contributed by atoms with Crippen LogP contribution in [0.4, 0.5) is 0 Å². The molecule has 0 amide bonds. The summed E-state index contributed by atoms with van der Waals surface area (Å²) in [6.07, 6.45) is 11.5. The van der Waals surface area contributed by atoms with Crippen LogP contribution >= 0.6 is 0 Å². The maximum absolute atomic E-state index is 10.2. The second-order valence-corrected chi connectivity index (χ2v) is 5.44. The lowest BCUT2D eigenvalue weighted by molar-refractivity contribution is -0.0484. The lowest BCUT2D eigenvalue weighted by Crippen LogP contribution is -2.31. The van der Waals surface area contributed by atoms with E-state index in [1.165, 1.54) is 0 Å². The smallest absolute Gasteiger partial charge is 0.235 e. The lowest BCUT2D eigenvalue weighted by Gasteiger charge is -2.32. The molecule has 0 aromatic carbocycles. The summed E-state index contributed by atoms with van der Waals surface area (Å²) in [6.45, 7) is 0. The number of hydrogen-bond acceptors (Lipinski definition) is 5. The molecule has 0 spiro atoms. The first-order valence-electron chi connectivity index (χ1n) is 7.11. The Morgan fingerprint density at radius 3 is 1.37 bits per heavy atom. The normalized spacial score (nSPS) is 34.9. The van der Waals surface area contributed by atoms with Gasteiger partial charge in [0.1, 0.15) is 0 Å². The Bertz CT molecular complexity index is 334. The Morgan fingerprint density at radius 2 is 1.05 bits per heavy atom. The van der Waals surface area contributed by atoms with Crippen molar-refractivity contribution in [2.24, 2.45) is 9.98 Å². The van der Waals surface area contributed by atoms with E-state index in [1.54, 1.807) is 12.2 Å². The van der Waals surface area contributed by atoms with Crippen LogP contribution in [-0.4, -0.2) is 36.5 Å². The fourth-order valence-electron chi connectivity index (χ4n) is 3.04. The van der Waals surface area contributed by atoms with E-state index in [4.69, 9.17) is 4.74 Å². The molecule has 2 rings (SSSR count). The van der Waals surface area contributed by atoms with Crippen LogP contribution < -0.4 is 0 Å². The highest BCUT2D eigenvalue weighted by atomic mass is 16.5. The van der Waals surface area contributed by atoms with Gasteiger partial charge in [0.25, 0.3) is 0 Å².